The van der Waals surface area contributed by atoms with Crippen molar-refractivity contribution in [2.24, 2.45) is 5.92 Å². The number of piperidine rings is 1. The van der Waals surface area contributed by atoms with Gasteiger partial charge in [0.25, 0.3) is 5.91 Å². The molecule has 5 nitrogen and oxygen atoms in total. The maximum absolute atomic E-state index is 12.2. The molecule has 2 rings (SSSR count). The van der Waals surface area contributed by atoms with E-state index in [2.05, 4.69) is 10.3 Å². The van der Waals surface area contributed by atoms with E-state index in [1.54, 1.807) is 24.5 Å². The van der Waals surface area contributed by atoms with E-state index < -0.39 is 0 Å². The van der Waals surface area contributed by atoms with Gasteiger partial charge in [-0.2, -0.15) is 0 Å². The van der Waals surface area contributed by atoms with Crippen molar-refractivity contribution in [3.8, 4) is 0 Å². The Morgan fingerprint density at radius 1 is 1.25 bits per heavy atom. The Morgan fingerprint density at radius 3 is 2.40 bits per heavy atom. The Morgan fingerprint density at radius 2 is 1.85 bits per heavy atom. The van der Waals surface area contributed by atoms with Crippen molar-refractivity contribution in [2.75, 3.05) is 13.1 Å². The van der Waals surface area contributed by atoms with Crippen LogP contribution in [0.15, 0.2) is 24.5 Å². The van der Waals surface area contributed by atoms with Gasteiger partial charge in [-0.1, -0.05) is 13.8 Å². The molecular weight excluding hydrogens is 254 g/mol. The molecule has 2 heterocycles. The summed E-state index contributed by atoms with van der Waals surface area (Å²) in [5.41, 5.74) is 0.671. The molecule has 1 aliphatic heterocycles. The number of amides is 2. The van der Waals surface area contributed by atoms with Gasteiger partial charge in [-0.15, -0.1) is 0 Å². The molecule has 0 radical (unpaired) electrons. The van der Waals surface area contributed by atoms with E-state index >= 15 is 0 Å². The lowest BCUT2D eigenvalue weighted by Gasteiger charge is -2.32. The molecule has 20 heavy (non-hydrogen) atoms. The van der Waals surface area contributed by atoms with Crippen LogP contribution in [0, 0.1) is 5.92 Å². The summed E-state index contributed by atoms with van der Waals surface area (Å²) in [6, 6.07) is 3.65. The van der Waals surface area contributed by atoms with Crippen molar-refractivity contribution in [2.45, 2.75) is 32.7 Å². The fourth-order valence-corrected chi connectivity index (χ4v) is 2.27. The summed E-state index contributed by atoms with van der Waals surface area (Å²) in [7, 11) is 0. The summed E-state index contributed by atoms with van der Waals surface area (Å²) < 4.78 is 0. The van der Waals surface area contributed by atoms with E-state index in [1.807, 2.05) is 18.7 Å². The SMILES string of the molecule is CC(C)C(=O)NC1CCN(C(=O)c2ccncc2)CC1. The number of rotatable bonds is 3. The fraction of sp³-hybridized carbons (Fsp3) is 0.533. The molecule has 0 aromatic carbocycles. The predicted octanol–water partition coefficient (Wildman–Crippen LogP) is 1.46. The maximum atomic E-state index is 12.2. The third kappa shape index (κ3) is 3.56. The van der Waals surface area contributed by atoms with Crippen LogP contribution >= 0.6 is 0 Å². The van der Waals surface area contributed by atoms with Crippen molar-refractivity contribution < 1.29 is 9.59 Å². The van der Waals surface area contributed by atoms with Crippen molar-refractivity contribution in [1.29, 1.82) is 0 Å². The molecule has 2 amide bonds. The molecule has 1 N–H and O–H groups in total. The van der Waals surface area contributed by atoms with E-state index in [9.17, 15) is 9.59 Å². The van der Waals surface area contributed by atoms with Crippen molar-refractivity contribution in [3.05, 3.63) is 30.1 Å². The van der Waals surface area contributed by atoms with Crippen LogP contribution in [0.4, 0.5) is 0 Å². The van der Waals surface area contributed by atoms with Gasteiger partial charge in [0.15, 0.2) is 0 Å². The predicted molar refractivity (Wildman–Crippen MR) is 76.1 cm³/mol. The minimum Gasteiger partial charge on any atom is -0.353 e. The first-order chi connectivity index (χ1) is 9.58. The van der Waals surface area contributed by atoms with Gasteiger partial charge in [0.1, 0.15) is 0 Å². The largest absolute Gasteiger partial charge is 0.353 e. The average molecular weight is 275 g/mol. The van der Waals surface area contributed by atoms with Crippen LogP contribution in [0.2, 0.25) is 0 Å². The van der Waals surface area contributed by atoms with Gasteiger partial charge in [0.05, 0.1) is 0 Å². The number of hydrogen-bond acceptors (Lipinski definition) is 3. The van der Waals surface area contributed by atoms with Crippen molar-refractivity contribution >= 4 is 11.8 Å². The number of likely N-dealkylation sites (tertiary alicyclic amines) is 1. The smallest absolute Gasteiger partial charge is 0.253 e. The van der Waals surface area contributed by atoms with E-state index in [-0.39, 0.29) is 23.8 Å². The first-order valence-electron chi connectivity index (χ1n) is 7.07. The number of nitrogens with zero attached hydrogens (tertiary/aromatic N) is 2. The second-order valence-corrected chi connectivity index (χ2v) is 5.47. The lowest BCUT2D eigenvalue weighted by atomic mass is 10.0. The summed E-state index contributed by atoms with van der Waals surface area (Å²) in [6.45, 7) is 5.14. The van der Waals surface area contributed by atoms with Gasteiger partial charge in [0, 0.05) is 43.0 Å². The molecule has 0 atom stereocenters. The third-order valence-electron chi connectivity index (χ3n) is 3.58. The Balaban J connectivity index is 1.85. The van der Waals surface area contributed by atoms with E-state index in [0.29, 0.717) is 18.7 Å². The van der Waals surface area contributed by atoms with Crippen molar-refractivity contribution in [3.63, 3.8) is 0 Å². The van der Waals surface area contributed by atoms with Crippen LogP contribution < -0.4 is 5.32 Å². The Bertz CT molecular complexity index is 465. The highest BCUT2D eigenvalue weighted by atomic mass is 16.2. The molecule has 1 aliphatic rings. The van der Waals surface area contributed by atoms with Gasteiger partial charge < -0.3 is 10.2 Å². The van der Waals surface area contributed by atoms with Crippen LogP contribution in [0.1, 0.15) is 37.0 Å². The topological polar surface area (TPSA) is 62.3 Å². The molecule has 1 aromatic rings. The molecule has 1 aromatic heterocycles. The summed E-state index contributed by atoms with van der Waals surface area (Å²) >= 11 is 0. The highest BCUT2D eigenvalue weighted by Gasteiger charge is 2.24. The molecular formula is C15H21N3O2. The van der Waals surface area contributed by atoms with Crippen LogP contribution in [0.3, 0.4) is 0 Å². The lowest BCUT2D eigenvalue weighted by Crippen LogP contribution is -2.47. The molecule has 0 aliphatic carbocycles. The first kappa shape index (κ1) is 14.5. The summed E-state index contributed by atoms with van der Waals surface area (Å²) in [4.78, 5) is 29.7. The van der Waals surface area contributed by atoms with Crippen LogP contribution in [0.25, 0.3) is 0 Å². The first-order valence-corrected chi connectivity index (χ1v) is 7.07. The third-order valence-corrected chi connectivity index (χ3v) is 3.58. The quantitative estimate of drug-likeness (QED) is 0.908. The van der Waals surface area contributed by atoms with Gasteiger partial charge in [-0.25, -0.2) is 0 Å². The maximum Gasteiger partial charge on any atom is 0.253 e. The van der Waals surface area contributed by atoms with Gasteiger partial charge in [-0.05, 0) is 25.0 Å². The highest BCUT2D eigenvalue weighted by Crippen LogP contribution is 2.14. The average Bonchev–Trinajstić information content (AvgIpc) is 2.48. The molecule has 0 spiro atoms. The number of hydrogen-bond donors (Lipinski definition) is 1. The second-order valence-electron chi connectivity index (χ2n) is 5.47. The molecule has 1 saturated heterocycles. The summed E-state index contributed by atoms with van der Waals surface area (Å²) in [6.07, 6.45) is 4.89. The number of aromatic nitrogens is 1. The monoisotopic (exact) mass is 275 g/mol. The fourth-order valence-electron chi connectivity index (χ4n) is 2.27. The highest BCUT2D eigenvalue weighted by molar-refractivity contribution is 5.94. The van der Waals surface area contributed by atoms with E-state index in [0.717, 1.165) is 12.8 Å². The van der Waals surface area contributed by atoms with Gasteiger partial charge in [0.2, 0.25) is 5.91 Å². The minimum absolute atomic E-state index is 0.00600. The van der Waals surface area contributed by atoms with E-state index in [1.165, 1.54) is 0 Å². The van der Waals surface area contributed by atoms with E-state index in [4.69, 9.17) is 0 Å². The normalized spacial score (nSPS) is 16.2. The number of pyridine rings is 1. The molecule has 1 fully saturated rings. The molecule has 0 bridgehead atoms. The summed E-state index contributed by atoms with van der Waals surface area (Å²) in [5, 5.41) is 3.03. The zero-order chi connectivity index (χ0) is 14.5. The summed E-state index contributed by atoms with van der Waals surface area (Å²) in [5.74, 6) is 0.136. The minimum atomic E-state index is 0.00600. The zero-order valence-electron chi connectivity index (χ0n) is 12.0. The Kier molecular flexibility index (Phi) is 4.71. The van der Waals surface area contributed by atoms with Crippen LogP contribution in [0.5, 0.6) is 0 Å². The molecule has 0 unspecified atom stereocenters. The molecule has 0 saturated carbocycles. The lowest BCUT2D eigenvalue weighted by molar-refractivity contribution is -0.124. The Hall–Kier alpha value is -1.91. The zero-order valence-corrected chi connectivity index (χ0v) is 12.0. The molecule has 5 heteroatoms. The number of nitrogens with one attached hydrogen (secondary N) is 1. The number of carbonyl (C=O) groups is 2. The van der Waals surface area contributed by atoms with Crippen LogP contribution in [-0.4, -0.2) is 40.8 Å². The Labute approximate surface area is 119 Å². The van der Waals surface area contributed by atoms with Gasteiger partial charge in [-0.3, -0.25) is 14.6 Å². The van der Waals surface area contributed by atoms with Crippen LogP contribution in [-0.2, 0) is 4.79 Å². The van der Waals surface area contributed by atoms with Gasteiger partial charge >= 0.3 is 0 Å². The number of carbonyl (C=O) groups excluding carboxylic acids is 2. The second kappa shape index (κ2) is 6.50. The van der Waals surface area contributed by atoms with Crippen molar-refractivity contribution in [1.82, 2.24) is 15.2 Å². The molecule has 108 valence electrons. The standard InChI is InChI=1S/C15H21N3O2/c1-11(2)14(19)17-13-5-9-18(10-6-13)15(20)12-3-7-16-8-4-12/h3-4,7-8,11,13H,5-6,9-10H2,1-2H3,(H,17,19).